The number of unbranched alkanes of at least 4 members (excludes halogenated alkanes) is 1. The van der Waals surface area contributed by atoms with Crippen molar-refractivity contribution in [3.63, 3.8) is 0 Å². The number of hydrogen-bond donors (Lipinski definition) is 0. The number of aryl methyl sites for hydroxylation is 2. The highest BCUT2D eigenvalue weighted by atomic mass is 16.5. The van der Waals surface area contributed by atoms with E-state index in [1.165, 1.54) is 11.1 Å². The van der Waals surface area contributed by atoms with Crippen LogP contribution in [0.15, 0.2) is 61.7 Å². The highest BCUT2D eigenvalue weighted by Crippen LogP contribution is 2.23. The maximum Gasteiger partial charge on any atom is 0.122 e. The van der Waals surface area contributed by atoms with Crippen LogP contribution in [0, 0.1) is 13.8 Å². The first-order valence-corrected chi connectivity index (χ1v) is 8.54. The van der Waals surface area contributed by atoms with Gasteiger partial charge < -0.3 is 9.47 Å². The summed E-state index contributed by atoms with van der Waals surface area (Å²) in [5.74, 6) is 0.970. The zero-order valence-corrected chi connectivity index (χ0v) is 15.1. The summed E-state index contributed by atoms with van der Waals surface area (Å²) in [6, 6.07) is 4.28. The fraction of sp³-hybridized carbons (Fsp3) is 0.364. The Kier molecular flexibility index (Phi) is 10.3. The largest absolute Gasteiger partial charge is 0.493 e. The zero-order valence-electron chi connectivity index (χ0n) is 15.1. The van der Waals surface area contributed by atoms with Crippen LogP contribution in [0.1, 0.15) is 36.0 Å². The van der Waals surface area contributed by atoms with Gasteiger partial charge in [-0.1, -0.05) is 49.6 Å². The second kappa shape index (κ2) is 12.4. The van der Waals surface area contributed by atoms with Crippen molar-refractivity contribution in [1.82, 2.24) is 0 Å². The summed E-state index contributed by atoms with van der Waals surface area (Å²) in [4.78, 5) is 0. The third-order valence-corrected chi connectivity index (χ3v) is 3.64. The standard InChI is InChI=1S/C22H30O2/c1-5-7-9-11-13-15-24-22-17-19(3)21(16-20(22)4)18-23-14-12-10-8-6-2/h5-10,16-17H,1-2,11-15,18H2,3-4H3/b9-7+,10-8+. The highest BCUT2D eigenvalue weighted by Gasteiger charge is 2.06. The molecule has 0 spiro atoms. The number of allylic oxidation sites excluding steroid dienone is 5. The van der Waals surface area contributed by atoms with Gasteiger partial charge in [-0.05, 0) is 61.9 Å². The summed E-state index contributed by atoms with van der Waals surface area (Å²) in [6.45, 7) is 13.6. The van der Waals surface area contributed by atoms with Gasteiger partial charge in [-0.2, -0.15) is 0 Å². The van der Waals surface area contributed by atoms with Crippen LogP contribution in [0.2, 0.25) is 0 Å². The molecule has 0 aliphatic heterocycles. The van der Waals surface area contributed by atoms with Gasteiger partial charge in [-0.15, -0.1) is 0 Å². The van der Waals surface area contributed by atoms with Crippen molar-refractivity contribution >= 4 is 0 Å². The summed E-state index contributed by atoms with van der Waals surface area (Å²) in [5.41, 5.74) is 3.60. The van der Waals surface area contributed by atoms with Crippen molar-refractivity contribution in [1.29, 1.82) is 0 Å². The van der Waals surface area contributed by atoms with Gasteiger partial charge in [0.15, 0.2) is 0 Å². The number of benzene rings is 1. The van der Waals surface area contributed by atoms with E-state index in [9.17, 15) is 0 Å². The Morgan fingerprint density at radius 3 is 2.33 bits per heavy atom. The number of hydrogen-bond acceptors (Lipinski definition) is 2. The summed E-state index contributed by atoms with van der Waals surface area (Å²) >= 11 is 0. The molecular formula is C22H30O2. The lowest BCUT2D eigenvalue weighted by atomic mass is 10.1. The molecule has 0 fully saturated rings. The normalized spacial score (nSPS) is 11.2. The zero-order chi connectivity index (χ0) is 17.6. The Morgan fingerprint density at radius 1 is 0.917 bits per heavy atom. The van der Waals surface area contributed by atoms with Crippen LogP contribution in [0.5, 0.6) is 5.75 Å². The lowest BCUT2D eigenvalue weighted by molar-refractivity contribution is 0.125. The minimum absolute atomic E-state index is 0.640. The molecule has 0 saturated carbocycles. The van der Waals surface area contributed by atoms with Crippen molar-refractivity contribution in [2.24, 2.45) is 0 Å². The predicted molar refractivity (Wildman–Crippen MR) is 104 cm³/mol. The maximum absolute atomic E-state index is 5.90. The fourth-order valence-corrected chi connectivity index (χ4v) is 2.26. The first kappa shape index (κ1) is 20.0. The van der Waals surface area contributed by atoms with Crippen LogP contribution >= 0.6 is 0 Å². The molecule has 1 aromatic rings. The molecule has 0 heterocycles. The first-order chi connectivity index (χ1) is 11.7. The second-order valence-electron chi connectivity index (χ2n) is 5.70. The quantitative estimate of drug-likeness (QED) is 0.354. The van der Waals surface area contributed by atoms with Gasteiger partial charge in [0.25, 0.3) is 0 Å². The van der Waals surface area contributed by atoms with Crippen molar-refractivity contribution < 1.29 is 9.47 Å². The van der Waals surface area contributed by atoms with E-state index in [2.05, 4.69) is 51.3 Å². The third kappa shape index (κ3) is 7.98. The van der Waals surface area contributed by atoms with E-state index in [0.29, 0.717) is 6.61 Å². The smallest absolute Gasteiger partial charge is 0.122 e. The molecule has 0 atom stereocenters. The van der Waals surface area contributed by atoms with E-state index < -0.39 is 0 Å². The maximum atomic E-state index is 5.90. The molecule has 0 aliphatic rings. The SMILES string of the molecule is C=C/C=C/CCCOc1cc(C)c(COCC/C=C/C=C)cc1C. The third-order valence-electron chi connectivity index (χ3n) is 3.64. The minimum Gasteiger partial charge on any atom is -0.493 e. The van der Waals surface area contributed by atoms with E-state index in [1.54, 1.807) is 12.2 Å². The molecule has 0 aliphatic carbocycles. The van der Waals surface area contributed by atoms with E-state index in [1.807, 2.05) is 12.2 Å². The Labute approximate surface area is 147 Å². The van der Waals surface area contributed by atoms with E-state index in [-0.39, 0.29) is 0 Å². The summed E-state index contributed by atoms with van der Waals surface area (Å²) < 4.78 is 11.6. The summed E-state index contributed by atoms with van der Waals surface area (Å²) in [7, 11) is 0. The Balaban J connectivity index is 2.44. The molecule has 0 radical (unpaired) electrons. The topological polar surface area (TPSA) is 18.5 Å². The van der Waals surface area contributed by atoms with Crippen molar-refractivity contribution in [3.05, 3.63) is 78.4 Å². The second-order valence-corrected chi connectivity index (χ2v) is 5.70. The Morgan fingerprint density at radius 2 is 1.62 bits per heavy atom. The molecule has 1 aromatic carbocycles. The van der Waals surface area contributed by atoms with Gasteiger partial charge in [0.05, 0.1) is 19.8 Å². The van der Waals surface area contributed by atoms with Crippen molar-refractivity contribution in [3.8, 4) is 5.75 Å². The van der Waals surface area contributed by atoms with Crippen LogP contribution in [-0.2, 0) is 11.3 Å². The van der Waals surface area contributed by atoms with Crippen LogP contribution < -0.4 is 4.74 Å². The van der Waals surface area contributed by atoms with Gasteiger partial charge in [0.2, 0.25) is 0 Å². The van der Waals surface area contributed by atoms with E-state index in [0.717, 1.165) is 43.8 Å². The summed E-state index contributed by atoms with van der Waals surface area (Å²) in [5, 5.41) is 0. The number of ether oxygens (including phenoxy) is 2. The lowest BCUT2D eigenvalue weighted by Gasteiger charge is -2.13. The fourth-order valence-electron chi connectivity index (χ4n) is 2.26. The van der Waals surface area contributed by atoms with Crippen LogP contribution in [-0.4, -0.2) is 13.2 Å². The molecule has 24 heavy (non-hydrogen) atoms. The van der Waals surface area contributed by atoms with Crippen molar-refractivity contribution in [2.75, 3.05) is 13.2 Å². The van der Waals surface area contributed by atoms with Crippen molar-refractivity contribution in [2.45, 2.75) is 39.7 Å². The van der Waals surface area contributed by atoms with Gasteiger partial charge in [0, 0.05) is 0 Å². The molecule has 1 rings (SSSR count). The molecule has 2 heteroatoms. The van der Waals surface area contributed by atoms with Gasteiger partial charge in [0.1, 0.15) is 5.75 Å². The molecule has 130 valence electrons. The lowest BCUT2D eigenvalue weighted by Crippen LogP contribution is -2.02. The molecule has 2 nitrogen and oxygen atoms in total. The first-order valence-electron chi connectivity index (χ1n) is 8.54. The Hall–Kier alpha value is -2.06. The predicted octanol–water partition coefficient (Wildman–Crippen LogP) is 5.85. The average molecular weight is 326 g/mol. The van der Waals surface area contributed by atoms with Crippen LogP contribution in [0.4, 0.5) is 0 Å². The van der Waals surface area contributed by atoms with Gasteiger partial charge >= 0.3 is 0 Å². The molecular weight excluding hydrogens is 296 g/mol. The molecule has 0 bridgehead atoms. The van der Waals surface area contributed by atoms with Gasteiger partial charge in [-0.25, -0.2) is 0 Å². The number of rotatable bonds is 12. The molecule has 0 N–H and O–H groups in total. The van der Waals surface area contributed by atoms with Crippen LogP contribution in [0.25, 0.3) is 0 Å². The highest BCUT2D eigenvalue weighted by molar-refractivity contribution is 5.41. The minimum atomic E-state index is 0.640. The monoisotopic (exact) mass is 326 g/mol. The molecule has 0 unspecified atom stereocenters. The van der Waals surface area contributed by atoms with E-state index in [4.69, 9.17) is 9.47 Å². The van der Waals surface area contributed by atoms with Crippen LogP contribution in [0.3, 0.4) is 0 Å². The average Bonchev–Trinajstić information content (AvgIpc) is 2.57. The molecule has 0 aromatic heterocycles. The van der Waals surface area contributed by atoms with E-state index >= 15 is 0 Å². The Bertz CT molecular complexity index is 516. The molecule has 0 saturated heterocycles. The van der Waals surface area contributed by atoms with Gasteiger partial charge in [-0.3, -0.25) is 0 Å². The molecule has 0 amide bonds. The summed E-state index contributed by atoms with van der Waals surface area (Å²) in [6.07, 6.45) is 14.6.